The molecule has 0 atom stereocenters. The molecule has 2 amide bonds. The molecule has 0 heterocycles. The van der Waals surface area contributed by atoms with Crippen LogP contribution in [0.1, 0.15) is 30.1 Å². The van der Waals surface area contributed by atoms with Crippen LogP contribution >= 0.6 is 22.6 Å². The fourth-order valence-electron chi connectivity index (χ4n) is 1.77. The van der Waals surface area contributed by atoms with Crippen molar-refractivity contribution in [1.82, 2.24) is 10.6 Å². The highest BCUT2D eigenvalue weighted by Gasteiger charge is 2.15. The van der Waals surface area contributed by atoms with Gasteiger partial charge in [0.05, 0.1) is 19.8 Å². The first-order chi connectivity index (χ1) is 10.5. The normalized spacial score (nSPS) is 10.0. The number of carbonyl (C=O) groups is 2. The second kappa shape index (κ2) is 9.50. The van der Waals surface area contributed by atoms with Gasteiger partial charge in [-0.1, -0.05) is 6.92 Å². The molecule has 0 saturated carbocycles. The van der Waals surface area contributed by atoms with E-state index in [1.165, 1.54) is 7.11 Å². The number of ether oxygens (including phenoxy) is 2. The van der Waals surface area contributed by atoms with Crippen molar-refractivity contribution in [3.8, 4) is 11.5 Å². The van der Waals surface area contributed by atoms with Crippen LogP contribution in [0, 0.1) is 3.57 Å². The predicted octanol–water partition coefficient (Wildman–Crippen LogP) is 1.95. The van der Waals surface area contributed by atoms with Crippen molar-refractivity contribution in [3.05, 3.63) is 21.3 Å². The minimum Gasteiger partial charge on any atom is -0.493 e. The number of benzene rings is 1. The number of carbonyl (C=O) groups excluding carboxylic acids is 2. The molecule has 0 aliphatic carbocycles. The Morgan fingerprint density at radius 2 is 1.73 bits per heavy atom. The van der Waals surface area contributed by atoms with E-state index in [2.05, 4.69) is 33.2 Å². The number of hydrogen-bond donors (Lipinski definition) is 2. The van der Waals surface area contributed by atoms with Gasteiger partial charge in [-0.05, 0) is 41.1 Å². The van der Waals surface area contributed by atoms with E-state index in [4.69, 9.17) is 9.47 Å². The molecule has 1 rings (SSSR count). The Labute approximate surface area is 144 Å². The molecular formula is C15H21IN2O4. The lowest BCUT2D eigenvalue weighted by molar-refractivity contribution is -0.120. The van der Waals surface area contributed by atoms with Gasteiger partial charge in [-0.15, -0.1) is 0 Å². The van der Waals surface area contributed by atoms with E-state index in [-0.39, 0.29) is 18.2 Å². The molecule has 0 spiro atoms. The molecule has 0 bridgehead atoms. The Kier molecular flexibility index (Phi) is 8.00. The fourth-order valence-corrected chi connectivity index (χ4v) is 2.45. The maximum absolute atomic E-state index is 12.2. The van der Waals surface area contributed by atoms with Crippen molar-refractivity contribution in [2.24, 2.45) is 0 Å². The highest BCUT2D eigenvalue weighted by molar-refractivity contribution is 14.1. The van der Waals surface area contributed by atoms with E-state index in [9.17, 15) is 9.59 Å². The van der Waals surface area contributed by atoms with Crippen LogP contribution in [0.15, 0.2) is 12.1 Å². The van der Waals surface area contributed by atoms with Gasteiger partial charge in [0.1, 0.15) is 0 Å². The predicted molar refractivity (Wildman–Crippen MR) is 92.5 cm³/mol. The molecule has 122 valence electrons. The van der Waals surface area contributed by atoms with Crippen molar-refractivity contribution < 1.29 is 19.1 Å². The molecule has 6 nitrogen and oxygen atoms in total. The van der Waals surface area contributed by atoms with Crippen molar-refractivity contribution in [2.45, 2.75) is 19.8 Å². The maximum atomic E-state index is 12.2. The summed E-state index contributed by atoms with van der Waals surface area (Å²) in [5, 5.41) is 5.50. The minimum absolute atomic E-state index is 0.0656. The van der Waals surface area contributed by atoms with Gasteiger partial charge in [0.2, 0.25) is 5.91 Å². The van der Waals surface area contributed by atoms with Gasteiger partial charge in [0.15, 0.2) is 11.5 Å². The van der Waals surface area contributed by atoms with Crippen LogP contribution in [-0.4, -0.2) is 39.1 Å². The summed E-state index contributed by atoms with van der Waals surface area (Å²) in [6.45, 7) is 2.93. The zero-order valence-electron chi connectivity index (χ0n) is 13.0. The fraction of sp³-hybridized carbons (Fsp3) is 0.467. The van der Waals surface area contributed by atoms with Gasteiger partial charge in [-0.25, -0.2) is 0 Å². The Hall–Kier alpha value is -1.51. The van der Waals surface area contributed by atoms with Gasteiger partial charge < -0.3 is 20.1 Å². The lowest BCUT2D eigenvalue weighted by atomic mass is 10.2. The van der Waals surface area contributed by atoms with Crippen LogP contribution in [-0.2, 0) is 4.79 Å². The van der Waals surface area contributed by atoms with Crippen LogP contribution < -0.4 is 20.1 Å². The number of methoxy groups -OCH3 is 2. The first kappa shape index (κ1) is 18.5. The molecular weight excluding hydrogens is 399 g/mol. The highest BCUT2D eigenvalue weighted by atomic mass is 127. The average molecular weight is 420 g/mol. The Morgan fingerprint density at radius 1 is 1.09 bits per heavy atom. The number of amides is 2. The van der Waals surface area contributed by atoms with Gasteiger partial charge in [-0.3, -0.25) is 9.59 Å². The molecule has 0 saturated heterocycles. The number of nitrogens with one attached hydrogen (secondary N) is 2. The molecule has 0 unspecified atom stereocenters. The molecule has 22 heavy (non-hydrogen) atoms. The van der Waals surface area contributed by atoms with Crippen LogP contribution in [0.2, 0.25) is 0 Å². The molecule has 1 aromatic carbocycles. The standard InChI is InChI=1S/C15H21IN2O4/c1-4-6-17-14(19)5-7-18-15(20)10-8-12(21-2)13(22-3)9-11(10)16/h8-9H,4-7H2,1-3H3,(H,17,19)(H,18,20). The van der Waals surface area contributed by atoms with Crippen molar-refractivity contribution in [2.75, 3.05) is 27.3 Å². The van der Waals surface area contributed by atoms with E-state index in [1.807, 2.05) is 6.92 Å². The summed E-state index contributed by atoms with van der Waals surface area (Å²) >= 11 is 2.07. The molecule has 1 aromatic rings. The molecule has 0 radical (unpaired) electrons. The van der Waals surface area contributed by atoms with Crippen LogP contribution in [0.25, 0.3) is 0 Å². The summed E-state index contributed by atoms with van der Waals surface area (Å²) in [7, 11) is 3.06. The highest BCUT2D eigenvalue weighted by Crippen LogP contribution is 2.31. The third kappa shape index (κ3) is 5.36. The zero-order chi connectivity index (χ0) is 16.5. The summed E-state index contributed by atoms with van der Waals surface area (Å²) in [6, 6.07) is 3.37. The maximum Gasteiger partial charge on any atom is 0.252 e. The van der Waals surface area contributed by atoms with Crippen LogP contribution in [0.4, 0.5) is 0 Å². The summed E-state index contributed by atoms with van der Waals surface area (Å²) < 4.78 is 11.1. The molecule has 0 aromatic heterocycles. The summed E-state index contributed by atoms with van der Waals surface area (Å²) in [5.74, 6) is 0.758. The third-order valence-corrected chi connectivity index (χ3v) is 3.82. The minimum atomic E-state index is -0.242. The summed E-state index contributed by atoms with van der Waals surface area (Å²) in [4.78, 5) is 23.7. The van der Waals surface area contributed by atoms with E-state index in [0.717, 1.165) is 9.99 Å². The first-order valence-electron chi connectivity index (χ1n) is 6.99. The number of rotatable bonds is 8. The van der Waals surface area contributed by atoms with Crippen LogP contribution in [0.5, 0.6) is 11.5 Å². The van der Waals surface area contributed by atoms with Crippen molar-refractivity contribution in [3.63, 3.8) is 0 Å². The van der Waals surface area contributed by atoms with E-state index in [1.54, 1.807) is 19.2 Å². The molecule has 0 aliphatic rings. The quantitative estimate of drug-likeness (QED) is 0.631. The smallest absolute Gasteiger partial charge is 0.252 e. The molecule has 0 aliphatic heterocycles. The largest absolute Gasteiger partial charge is 0.493 e. The van der Waals surface area contributed by atoms with E-state index >= 15 is 0 Å². The van der Waals surface area contributed by atoms with Gasteiger partial charge in [-0.2, -0.15) is 0 Å². The van der Waals surface area contributed by atoms with Gasteiger partial charge in [0.25, 0.3) is 5.91 Å². The van der Waals surface area contributed by atoms with Gasteiger partial charge in [0, 0.05) is 23.1 Å². The van der Waals surface area contributed by atoms with Crippen molar-refractivity contribution in [1.29, 1.82) is 0 Å². The topological polar surface area (TPSA) is 76.7 Å². The van der Waals surface area contributed by atoms with Crippen LogP contribution in [0.3, 0.4) is 0 Å². The second-order valence-electron chi connectivity index (χ2n) is 4.54. The van der Waals surface area contributed by atoms with Gasteiger partial charge >= 0.3 is 0 Å². The monoisotopic (exact) mass is 420 g/mol. The lowest BCUT2D eigenvalue weighted by Gasteiger charge is -2.12. The van der Waals surface area contributed by atoms with E-state index < -0.39 is 0 Å². The first-order valence-corrected chi connectivity index (χ1v) is 8.07. The molecule has 0 fully saturated rings. The Morgan fingerprint density at radius 3 is 2.32 bits per heavy atom. The molecule has 2 N–H and O–H groups in total. The Bertz CT molecular complexity index is 535. The third-order valence-electron chi connectivity index (χ3n) is 2.93. The summed E-state index contributed by atoms with van der Waals surface area (Å²) in [5.41, 5.74) is 0.493. The zero-order valence-corrected chi connectivity index (χ0v) is 15.2. The SMILES string of the molecule is CCCNC(=O)CCNC(=O)c1cc(OC)c(OC)cc1I. The number of hydrogen-bond acceptors (Lipinski definition) is 4. The van der Waals surface area contributed by atoms with Crippen molar-refractivity contribution >= 4 is 34.4 Å². The van der Waals surface area contributed by atoms with E-state index in [0.29, 0.717) is 30.2 Å². The molecule has 7 heteroatoms. The lowest BCUT2D eigenvalue weighted by Crippen LogP contribution is -2.31. The second-order valence-corrected chi connectivity index (χ2v) is 5.71. The Balaban J connectivity index is 2.64. The number of halogens is 1. The average Bonchev–Trinajstić information content (AvgIpc) is 2.52. The summed E-state index contributed by atoms with van der Waals surface area (Å²) in [6.07, 6.45) is 1.15.